The van der Waals surface area contributed by atoms with E-state index in [1.54, 1.807) is 6.20 Å². The standard InChI is InChI=1S/C48H44N4O2/c1-2-33(31-53-23-21-49)13-14-38(29-51)36-16-19-41-42-20-17-37(39-15-18-40(52-30-39)32-54-24-22-50)26-46(42)48-28-44(35-11-7-4-8-12-35)43(27-47(48)45(41)25-36)34-9-5-3-6-10-34/h3-30,33H,2,31-32,49-51H2,1H3/b14-13-,23-21-,24-22-,38-29+. The second-order valence-corrected chi connectivity index (χ2v) is 13.2. The lowest BCUT2D eigenvalue weighted by Gasteiger charge is -2.18. The van der Waals surface area contributed by atoms with Crippen LogP contribution in [0.15, 0.2) is 171 Å². The van der Waals surface area contributed by atoms with Crippen molar-refractivity contribution in [3.8, 4) is 33.4 Å². The number of hydrogen-bond donors (Lipinski definition) is 3. The zero-order valence-corrected chi connectivity index (χ0v) is 30.4. The number of nitrogens with zero attached hydrogens (tertiary/aromatic N) is 1. The number of nitrogens with two attached hydrogens (primary N) is 3. The van der Waals surface area contributed by atoms with E-state index in [9.17, 15) is 0 Å². The van der Waals surface area contributed by atoms with E-state index < -0.39 is 0 Å². The van der Waals surface area contributed by atoms with Crippen molar-refractivity contribution < 1.29 is 9.47 Å². The Hall–Kier alpha value is -6.79. The highest BCUT2D eigenvalue weighted by Gasteiger charge is 2.17. The van der Waals surface area contributed by atoms with Gasteiger partial charge in [0.2, 0.25) is 0 Å². The summed E-state index contributed by atoms with van der Waals surface area (Å²) in [7, 11) is 0. The highest BCUT2D eigenvalue weighted by atomic mass is 16.5. The molecule has 0 aliphatic rings. The maximum atomic E-state index is 6.31. The van der Waals surface area contributed by atoms with Gasteiger partial charge in [-0.25, -0.2) is 0 Å². The molecule has 0 saturated carbocycles. The third-order valence-corrected chi connectivity index (χ3v) is 9.87. The molecule has 1 unspecified atom stereocenters. The average molecular weight is 709 g/mol. The maximum Gasteiger partial charge on any atom is 0.129 e. The van der Waals surface area contributed by atoms with Crippen molar-refractivity contribution in [3.63, 3.8) is 0 Å². The zero-order chi connectivity index (χ0) is 37.3. The molecule has 6 heteroatoms. The number of ether oxygens (including phenoxy) is 2. The minimum absolute atomic E-state index is 0.216. The van der Waals surface area contributed by atoms with Crippen LogP contribution < -0.4 is 17.2 Å². The van der Waals surface area contributed by atoms with Gasteiger partial charge in [0, 0.05) is 36.3 Å². The van der Waals surface area contributed by atoms with Gasteiger partial charge in [-0.1, -0.05) is 110 Å². The predicted molar refractivity (Wildman–Crippen MR) is 226 cm³/mol. The van der Waals surface area contributed by atoms with E-state index in [1.165, 1.54) is 63.0 Å². The lowest BCUT2D eigenvalue weighted by Crippen LogP contribution is -2.03. The highest BCUT2D eigenvalue weighted by Crippen LogP contribution is 2.43. The third kappa shape index (κ3) is 7.55. The van der Waals surface area contributed by atoms with Gasteiger partial charge in [-0.05, 0) is 108 Å². The van der Waals surface area contributed by atoms with Gasteiger partial charge in [-0.2, -0.15) is 0 Å². The minimum atomic E-state index is 0.216. The second kappa shape index (κ2) is 16.7. The van der Waals surface area contributed by atoms with E-state index in [0.29, 0.717) is 13.2 Å². The Kier molecular flexibility index (Phi) is 11.0. The summed E-state index contributed by atoms with van der Waals surface area (Å²) in [5, 5.41) is 7.02. The number of rotatable bonds is 13. The fourth-order valence-electron chi connectivity index (χ4n) is 7.02. The molecule has 1 heterocycles. The number of benzene rings is 6. The van der Waals surface area contributed by atoms with Crippen LogP contribution in [0, 0.1) is 5.92 Å². The lowest BCUT2D eigenvalue weighted by atomic mass is 9.86. The first-order valence-corrected chi connectivity index (χ1v) is 18.2. The van der Waals surface area contributed by atoms with Crippen LogP contribution in [0.25, 0.3) is 71.3 Å². The number of allylic oxidation sites excluding steroid dienone is 2. The van der Waals surface area contributed by atoms with Gasteiger partial charge >= 0.3 is 0 Å². The number of pyridine rings is 1. The van der Waals surface area contributed by atoms with Crippen molar-refractivity contribution in [1.82, 2.24) is 4.98 Å². The SMILES string of the molecule is CCC(/C=C\C(=C/N)c1ccc2c3ccc(-c4ccc(CO/C=C\N)nc4)cc3c3cc(-c4ccccc4)c(-c4ccccc4)cc3c2c1)CO/C=C\N. The maximum absolute atomic E-state index is 6.31. The van der Waals surface area contributed by atoms with Gasteiger partial charge in [0.25, 0.3) is 0 Å². The highest BCUT2D eigenvalue weighted by molar-refractivity contribution is 6.27. The molecule has 1 atom stereocenters. The van der Waals surface area contributed by atoms with Crippen molar-refractivity contribution in [2.75, 3.05) is 6.61 Å². The van der Waals surface area contributed by atoms with Gasteiger partial charge in [-0.3, -0.25) is 4.98 Å². The molecule has 7 rings (SSSR count). The fraction of sp³-hybridized carbons (Fsp3) is 0.104. The van der Waals surface area contributed by atoms with E-state index in [2.05, 4.69) is 139 Å². The molecule has 6 aromatic carbocycles. The third-order valence-electron chi connectivity index (χ3n) is 9.87. The normalized spacial score (nSPS) is 12.8. The summed E-state index contributed by atoms with van der Waals surface area (Å²) in [6.45, 7) is 3.04. The number of fused-ring (bicyclic) bond motifs is 6. The molecule has 0 saturated heterocycles. The quantitative estimate of drug-likeness (QED) is 0.0625. The Morgan fingerprint density at radius 3 is 1.80 bits per heavy atom. The van der Waals surface area contributed by atoms with Crippen molar-refractivity contribution in [3.05, 3.63) is 182 Å². The van der Waals surface area contributed by atoms with Crippen LogP contribution >= 0.6 is 0 Å². The Balaban J connectivity index is 1.45. The first-order chi connectivity index (χ1) is 26.6. The Bertz CT molecular complexity index is 2500. The lowest BCUT2D eigenvalue weighted by molar-refractivity contribution is 0.212. The smallest absolute Gasteiger partial charge is 0.129 e. The van der Waals surface area contributed by atoms with Crippen molar-refractivity contribution in [2.24, 2.45) is 23.1 Å². The van der Waals surface area contributed by atoms with Gasteiger partial charge < -0.3 is 26.7 Å². The molecule has 0 fully saturated rings. The minimum Gasteiger partial charge on any atom is -0.499 e. The molecular formula is C48H44N4O2. The molecule has 0 radical (unpaired) electrons. The summed E-state index contributed by atoms with van der Waals surface area (Å²) >= 11 is 0. The van der Waals surface area contributed by atoms with E-state index in [-0.39, 0.29) is 5.92 Å². The number of aromatic nitrogens is 1. The van der Waals surface area contributed by atoms with Gasteiger partial charge in [0.15, 0.2) is 0 Å². The van der Waals surface area contributed by atoms with E-state index >= 15 is 0 Å². The molecule has 1 aromatic heterocycles. The summed E-state index contributed by atoms with van der Waals surface area (Å²) in [6.07, 6.45) is 14.6. The Morgan fingerprint density at radius 1 is 0.611 bits per heavy atom. The molecule has 0 aliphatic carbocycles. The molecular weight excluding hydrogens is 665 g/mol. The van der Waals surface area contributed by atoms with Crippen LogP contribution in [0.2, 0.25) is 0 Å². The van der Waals surface area contributed by atoms with Gasteiger partial charge in [-0.15, -0.1) is 0 Å². The molecule has 54 heavy (non-hydrogen) atoms. The van der Waals surface area contributed by atoms with E-state index in [4.69, 9.17) is 26.7 Å². The summed E-state index contributed by atoms with van der Waals surface area (Å²) < 4.78 is 11.0. The molecule has 7 aromatic rings. The molecule has 6 N–H and O–H groups in total. The molecule has 0 amide bonds. The summed E-state index contributed by atoms with van der Waals surface area (Å²) in [5.74, 6) is 0.216. The van der Waals surface area contributed by atoms with Crippen LogP contribution in [0.3, 0.4) is 0 Å². The van der Waals surface area contributed by atoms with E-state index in [0.717, 1.165) is 50.9 Å². The second-order valence-electron chi connectivity index (χ2n) is 13.2. The van der Waals surface area contributed by atoms with Crippen molar-refractivity contribution in [1.29, 1.82) is 0 Å². The van der Waals surface area contributed by atoms with Crippen LogP contribution in [-0.2, 0) is 16.1 Å². The van der Waals surface area contributed by atoms with Crippen LogP contribution in [-0.4, -0.2) is 11.6 Å². The molecule has 0 aliphatic heterocycles. The predicted octanol–water partition coefficient (Wildman–Crippen LogP) is 10.8. The van der Waals surface area contributed by atoms with Gasteiger partial charge in [0.1, 0.15) is 6.61 Å². The Morgan fingerprint density at radius 2 is 1.20 bits per heavy atom. The largest absolute Gasteiger partial charge is 0.499 e. The molecule has 6 nitrogen and oxygen atoms in total. The van der Waals surface area contributed by atoms with Crippen LogP contribution in [0.5, 0.6) is 0 Å². The summed E-state index contributed by atoms with van der Waals surface area (Å²) in [5.41, 5.74) is 26.8. The van der Waals surface area contributed by atoms with Crippen molar-refractivity contribution in [2.45, 2.75) is 20.0 Å². The van der Waals surface area contributed by atoms with Crippen molar-refractivity contribution >= 4 is 37.9 Å². The van der Waals surface area contributed by atoms with Crippen LogP contribution in [0.1, 0.15) is 24.6 Å². The monoisotopic (exact) mass is 708 g/mol. The van der Waals surface area contributed by atoms with E-state index in [1.807, 2.05) is 12.3 Å². The number of hydrogen-bond acceptors (Lipinski definition) is 6. The van der Waals surface area contributed by atoms with Gasteiger partial charge in [0.05, 0.1) is 24.8 Å². The fourth-order valence-corrected chi connectivity index (χ4v) is 7.02. The van der Waals surface area contributed by atoms with Crippen LogP contribution in [0.4, 0.5) is 0 Å². The topological polar surface area (TPSA) is 109 Å². The molecule has 268 valence electrons. The first kappa shape index (κ1) is 35.6. The summed E-state index contributed by atoms with van der Waals surface area (Å²) in [6, 6.07) is 43.5. The summed E-state index contributed by atoms with van der Waals surface area (Å²) in [4.78, 5) is 4.67. The first-order valence-electron chi connectivity index (χ1n) is 18.2. The molecule has 0 spiro atoms. The molecule has 0 bridgehead atoms. The average Bonchev–Trinajstić information content (AvgIpc) is 3.23. The Labute approximate surface area is 316 Å². The zero-order valence-electron chi connectivity index (χ0n) is 30.4.